The fraction of sp³-hybridized carbons (Fsp3) is 0.364. The number of nitrogens with one attached hydrogen (secondary N) is 1. The molecule has 0 saturated carbocycles. The van der Waals surface area contributed by atoms with E-state index in [9.17, 15) is 4.79 Å². The van der Waals surface area contributed by atoms with Crippen LogP contribution in [0.2, 0.25) is 0 Å². The van der Waals surface area contributed by atoms with Crippen molar-refractivity contribution in [3.05, 3.63) is 32.4 Å². The third kappa shape index (κ3) is 2.97. The van der Waals surface area contributed by atoms with Gasteiger partial charge in [-0.2, -0.15) is 0 Å². The predicted molar refractivity (Wildman–Crippen MR) is 73.6 cm³/mol. The summed E-state index contributed by atoms with van der Waals surface area (Å²) in [5, 5.41) is 8.68. The molecule has 0 radical (unpaired) electrons. The van der Waals surface area contributed by atoms with Gasteiger partial charge in [0.1, 0.15) is 5.82 Å². The molecule has 2 rings (SSSR count). The summed E-state index contributed by atoms with van der Waals surface area (Å²) in [7, 11) is 1.75. The van der Waals surface area contributed by atoms with Crippen LogP contribution in [0, 0.1) is 0 Å². The lowest BCUT2D eigenvalue weighted by Crippen LogP contribution is -2.27. The highest BCUT2D eigenvalue weighted by Crippen LogP contribution is 2.21. The zero-order chi connectivity index (χ0) is 13.1. The second-order valence-corrected chi connectivity index (χ2v) is 6.17. The van der Waals surface area contributed by atoms with Crippen LogP contribution in [-0.4, -0.2) is 33.0 Å². The van der Waals surface area contributed by atoms with Crippen LogP contribution in [0.15, 0.2) is 15.2 Å². The molecule has 2 aromatic heterocycles. The maximum Gasteiger partial charge on any atom is 0.293 e. The SMILES string of the molecule is CCc1nc(C(=O)N(C)Cc2csc(Br)c2)n[nH]1. The Balaban J connectivity index is 2.04. The normalized spacial score (nSPS) is 10.6. The average Bonchev–Trinajstić information content (AvgIpc) is 2.97. The molecule has 0 aliphatic rings. The minimum atomic E-state index is -0.173. The van der Waals surface area contributed by atoms with Gasteiger partial charge in [0.05, 0.1) is 3.79 Å². The molecule has 0 saturated heterocycles. The number of aromatic nitrogens is 3. The molecule has 0 aliphatic carbocycles. The number of carbonyl (C=O) groups excluding carboxylic acids is 1. The number of hydrogen-bond donors (Lipinski definition) is 1. The van der Waals surface area contributed by atoms with Crippen molar-refractivity contribution in [3.8, 4) is 0 Å². The van der Waals surface area contributed by atoms with E-state index in [-0.39, 0.29) is 11.7 Å². The number of thiophene rings is 1. The molecule has 7 heteroatoms. The van der Waals surface area contributed by atoms with Gasteiger partial charge in [-0.1, -0.05) is 6.92 Å². The van der Waals surface area contributed by atoms with Gasteiger partial charge in [-0.25, -0.2) is 4.98 Å². The fourth-order valence-electron chi connectivity index (χ4n) is 1.49. The minimum Gasteiger partial charge on any atom is -0.335 e. The molecule has 2 heterocycles. The lowest BCUT2D eigenvalue weighted by atomic mass is 10.3. The summed E-state index contributed by atoms with van der Waals surface area (Å²) in [5.41, 5.74) is 1.09. The van der Waals surface area contributed by atoms with Gasteiger partial charge in [0.15, 0.2) is 0 Å². The van der Waals surface area contributed by atoms with E-state index >= 15 is 0 Å². The highest BCUT2D eigenvalue weighted by molar-refractivity contribution is 9.11. The third-order valence-electron chi connectivity index (χ3n) is 2.45. The molecule has 1 N–H and O–H groups in total. The number of carbonyl (C=O) groups is 1. The molecule has 2 aromatic rings. The second-order valence-electron chi connectivity index (χ2n) is 3.88. The van der Waals surface area contributed by atoms with Crippen molar-refractivity contribution in [2.75, 3.05) is 7.05 Å². The summed E-state index contributed by atoms with van der Waals surface area (Å²) >= 11 is 5.01. The Morgan fingerprint density at radius 1 is 1.61 bits per heavy atom. The van der Waals surface area contributed by atoms with Crippen LogP contribution in [0.1, 0.15) is 28.9 Å². The van der Waals surface area contributed by atoms with E-state index < -0.39 is 0 Å². The molecule has 1 amide bonds. The molecule has 0 spiro atoms. The summed E-state index contributed by atoms with van der Waals surface area (Å²) in [5.74, 6) is 0.780. The first-order valence-corrected chi connectivity index (χ1v) is 7.17. The fourth-order valence-corrected chi connectivity index (χ4v) is 2.69. The standard InChI is InChI=1S/C11H13BrN4OS/c1-3-9-13-10(15-14-9)11(17)16(2)5-7-4-8(12)18-6-7/h4,6H,3,5H2,1-2H3,(H,13,14,15). The van der Waals surface area contributed by atoms with Crippen LogP contribution >= 0.6 is 27.3 Å². The van der Waals surface area contributed by atoms with Gasteiger partial charge >= 0.3 is 0 Å². The van der Waals surface area contributed by atoms with Crippen molar-refractivity contribution >= 4 is 33.2 Å². The largest absolute Gasteiger partial charge is 0.335 e. The molecule has 0 atom stereocenters. The maximum atomic E-state index is 12.1. The second kappa shape index (κ2) is 5.62. The Morgan fingerprint density at radius 2 is 2.39 bits per heavy atom. The van der Waals surface area contributed by atoms with Crippen molar-refractivity contribution in [3.63, 3.8) is 0 Å². The van der Waals surface area contributed by atoms with Crippen molar-refractivity contribution in [1.82, 2.24) is 20.1 Å². The molecule has 5 nitrogen and oxygen atoms in total. The van der Waals surface area contributed by atoms with E-state index in [0.29, 0.717) is 6.54 Å². The van der Waals surface area contributed by atoms with E-state index in [4.69, 9.17) is 0 Å². The molecular weight excluding hydrogens is 316 g/mol. The van der Waals surface area contributed by atoms with Crippen LogP contribution in [0.4, 0.5) is 0 Å². The summed E-state index contributed by atoms with van der Waals surface area (Å²) in [6.45, 7) is 2.51. The summed E-state index contributed by atoms with van der Waals surface area (Å²) in [6, 6.07) is 2.00. The van der Waals surface area contributed by atoms with E-state index in [1.165, 1.54) is 0 Å². The number of H-pyrrole nitrogens is 1. The van der Waals surface area contributed by atoms with Crippen molar-refractivity contribution in [2.45, 2.75) is 19.9 Å². The number of rotatable bonds is 4. The van der Waals surface area contributed by atoms with Gasteiger partial charge in [0.2, 0.25) is 5.82 Å². The molecule has 0 fully saturated rings. The molecule has 0 aliphatic heterocycles. The summed E-state index contributed by atoms with van der Waals surface area (Å²) < 4.78 is 1.06. The van der Waals surface area contributed by atoms with E-state index in [2.05, 4.69) is 31.1 Å². The minimum absolute atomic E-state index is 0.173. The number of amides is 1. The highest BCUT2D eigenvalue weighted by atomic mass is 79.9. The predicted octanol–water partition coefficient (Wildman–Crippen LogP) is 2.46. The number of aromatic amines is 1. The van der Waals surface area contributed by atoms with E-state index in [1.54, 1.807) is 23.3 Å². The Hall–Kier alpha value is -1.21. The first-order valence-electron chi connectivity index (χ1n) is 5.49. The van der Waals surface area contributed by atoms with Crippen LogP contribution in [0.25, 0.3) is 0 Å². The third-order valence-corrected chi connectivity index (χ3v) is 4.00. The smallest absolute Gasteiger partial charge is 0.293 e. The quantitative estimate of drug-likeness (QED) is 0.937. The van der Waals surface area contributed by atoms with Crippen LogP contribution < -0.4 is 0 Å². The van der Waals surface area contributed by atoms with Crippen LogP contribution in [0.5, 0.6) is 0 Å². The zero-order valence-electron chi connectivity index (χ0n) is 10.1. The molecule has 0 unspecified atom stereocenters. The Labute approximate surface area is 117 Å². The van der Waals surface area contributed by atoms with E-state index in [1.807, 2.05) is 18.4 Å². The topological polar surface area (TPSA) is 61.9 Å². The highest BCUT2D eigenvalue weighted by Gasteiger charge is 2.17. The van der Waals surface area contributed by atoms with Crippen LogP contribution in [0.3, 0.4) is 0 Å². The number of hydrogen-bond acceptors (Lipinski definition) is 4. The molecular formula is C11H13BrN4OS. The monoisotopic (exact) mass is 328 g/mol. The van der Waals surface area contributed by atoms with Gasteiger partial charge in [-0.15, -0.1) is 16.4 Å². The van der Waals surface area contributed by atoms with Crippen molar-refractivity contribution < 1.29 is 4.79 Å². The van der Waals surface area contributed by atoms with Crippen LogP contribution in [-0.2, 0) is 13.0 Å². The lowest BCUT2D eigenvalue weighted by Gasteiger charge is -2.13. The number of aryl methyl sites for hydroxylation is 1. The van der Waals surface area contributed by atoms with E-state index in [0.717, 1.165) is 21.6 Å². The van der Waals surface area contributed by atoms with Crippen molar-refractivity contribution in [2.24, 2.45) is 0 Å². The summed E-state index contributed by atoms with van der Waals surface area (Å²) in [4.78, 5) is 17.8. The van der Waals surface area contributed by atoms with Gasteiger partial charge in [0.25, 0.3) is 5.91 Å². The van der Waals surface area contributed by atoms with Crippen molar-refractivity contribution in [1.29, 1.82) is 0 Å². The average molecular weight is 329 g/mol. The van der Waals surface area contributed by atoms with Gasteiger partial charge < -0.3 is 4.90 Å². The maximum absolute atomic E-state index is 12.1. The molecule has 0 bridgehead atoms. The Kier molecular flexibility index (Phi) is 4.13. The first kappa shape index (κ1) is 13.2. The lowest BCUT2D eigenvalue weighted by molar-refractivity contribution is 0.0773. The molecule has 18 heavy (non-hydrogen) atoms. The number of nitrogens with zero attached hydrogens (tertiary/aromatic N) is 3. The zero-order valence-corrected chi connectivity index (χ0v) is 12.5. The molecule has 0 aromatic carbocycles. The van der Waals surface area contributed by atoms with Gasteiger partial charge in [0, 0.05) is 20.0 Å². The Bertz CT molecular complexity index is 551. The first-order chi connectivity index (χ1) is 8.60. The Morgan fingerprint density at radius 3 is 2.94 bits per heavy atom. The molecule has 96 valence electrons. The van der Waals surface area contributed by atoms with Gasteiger partial charge in [-0.3, -0.25) is 9.89 Å². The number of halogens is 1. The van der Waals surface area contributed by atoms with Gasteiger partial charge in [-0.05, 0) is 32.9 Å². The summed E-state index contributed by atoms with van der Waals surface area (Å²) in [6.07, 6.45) is 0.738.